The summed E-state index contributed by atoms with van der Waals surface area (Å²) in [6.45, 7) is 4.01. The van der Waals surface area contributed by atoms with Gasteiger partial charge in [0.25, 0.3) is 0 Å². The van der Waals surface area contributed by atoms with E-state index in [0.29, 0.717) is 23.8 Å². The van der Waals surface area contributed by atoms with Gasteiger partial charge in [0.15, 0.2) is 0 Å². The number of benzene rings is 1. The van der Waals surface area contributed by atoms with Gasteiger partial charge in [0, 0.05) is 17.8 Å². The molecule has 0 aromatic heterocycles. The molecule has 0 amide bonds. The fourth-order valence-corrected chi connectivity index (χ4v) is 3.34. The van der Waals surface area contributed by atoms with Crippen LogP contribution < -0.4 is 10.1 Å². The lowest BCUT2D eigenvalue weighted by atomic mass is 9.74. The van der Waals surface area contributed by atoms with E-state index in [1.54, 1.807) is 18.2 Å². The zero-order chi connectivity index (χ0) is 15.4. The van der Waals surface area contributed by atoms with Crippen molar-refractivity contribution in [3.05, 3.63) is 24.3 Å². The molecule has 118 valence electrons. The van der Waals surface area contributed by atoms with Crippen LogP contribution in [0.5, 0.6) is 5.75 Å². The van der Waals surface area contributed by atoms with Gasteiger partial charge in [-0.3, -0.25) is 0 Å². The standard InChI is InChI=1S/C17H25F2NO/c1-11(2)15-8-7-12(3)9-16(15)20-13-5-4-6-14(10-13)21-17(18)19/h4-6,10-12,15-17,20H,7-9H2,1-3H3. The molecule has 1 aliphatic rings. The minimum atomic E-state index is -2.78. The van der Waals surface area contributed by atoms with Crippen LogP contribution >= 0.6 is 0 Å². The van der Waals surface area contributed by atoms with E-state index in [4.69, 9.17) is 0 Å². The zero-order valence-corrected chi connectivity index (χ0v) is 13.0. The van der Waals surface area contributed by atoms with E-state index in [9.17, 15) is 8.78 Å². The van der Waals surface area contributed by atoms with Crippen LogP contribution in [-0.4, -0.2) is 12.7 Å². The molecular weight excluding hydrogens is 272 g/mol. The molecule has 1 saturated carbocycles. The molecule has 0 saturated heterocycles. The third-order valence-corrected chi connectivity index (χ3v) is 4.43. The van der Waals surface area contributed by atoms with Crippen molar-refractivity contribution >= 4 is 5.69 Å². The molecule has 0 heterocycles. The lowest BCUT2D eigenvalue weighted by Crippen LogP contribution is -2.37. The summed E-state index contributed by atoms with van der Waals surface area (Å²) in [6, 6.07) is 7.27. The minimum Gasteiger partial charge on any atom is -0.435 e. The molecule has 0 spiro atoms. The Hall–Kier alpha value is -1.32. The van der Waals surface area contributed by atoms with E-state index in [0.717, 1.165) is 12.1 Å². The summed E-state index contributed by atoms with van der Waals surface area (Å²) in [5, 5.41) is 3.53. The van der Waals surface area contributed by atoms with E-state index in [1.165, 1.54) is 12.8 Å². The maximum atomic E-state index is 12.3. The molecule has 1 aromatic carbocycles. The van der Waals surface area contributed by atoms with Crippen molar-refractivity contribution in [1.82, 2.24) is 0 Å². The van der Waals surface area contributed by atoms with Crippen molar-refractivity contribution < 1.29 is 13.5 Å². The maximum absolute atomic E-state index is 12.3. The molecular formula is C17H25F2NO. The summed E-state index contributed by atoms with van der Waals surface area (Å²) in [5.74, 6) is 2.16. The van der Waals surface area contributed by atoms with Gasteiger partial charge in [0.2, 0.25) is 0 Å². The normalized spacial score (nSPS) is 26.1. The Balaban J connectivity index is 2.07. The zero-order valence-electron chi connectivity index (χ0n) is 13.0. The quantitative estimate of drug-likeness (QED) is 0.810. The largest absolute Gasteiger partial charge is 0.435 e. The van der Waals surface area contributed by atoms with E-state index in [-0.39, 0.29) is 5.75 Å². The molecule has 2 nitrogen and oxygen atoms in total. The third kappa shape index (κ3) is 4.58. The van der Waals surface area contributed by atoms with Gasteiger partial charge in [-0.1, -0.05) is 33.3 Å². The van der Waals surface area contributed by atoms with Gasteiger partial charge < -0.3 is 10.1 Å². The first-order chi connectivity index (χ1) is 9.95. The second kappa shape index (κ2) is 7.10. The van der Waals surface area contributed by atoms with Gasteiger partial charge in [-0.15, -0.1) is 0 Å². The molecule has 3 atom stereocenters. The van der Waals surface area contributed by atoms with Crippen molar-refractivity contribution in [2.45, 2.75) is 52.7 Å². The van der Waals surface area contributed by atoms with Gasteiger partial charge in [-0.2, -0.15) is 8.78 Å². The summed E-state index contributed by atoms with van der Waals surface area (Å²) >= 11 is 0. The van der Waals surface area contributed by atoms with Crippen molar-refractivity contribution in [3.8, 4) is 5.75 Å². The second-order valence-electron chi connectivity index (χ2n) is 6.48. The average molecular weight is 297 g/mol. The Kier molecular flexibility index (Phi) is 5.43. The molecule has 0 radical (unpaired) electrons. The molecule has 1 aliphatic carbocycles. The molecule has 0 aliphatic heterocycles. The fraction of sp³-hybridized carbons (Fsp3) is 0.647. The van der Waals surface area contributed by atoms with Crippen LogP contribution in [0.25, 0.3) is 0 Å². The monoisotopic (exact) mass is 297 g/mol. The number of rotatable bonds is 5. The molecule has 2 rings (SSSR count). The summed E-state index contributed by atoms with van der Waals surface area (Å²) in [5.41, 5.74) is 0.859. The Morgan fingerprint density at radius 3 is 2.67 bits per heavy atom. The van der Waals surface area contributed by atoms with Gasteiger partial charge in [-0.25, -0.2) is 0 Å². The Labute approximate surface area is 125 Å². The highest BCUT2D eigenvalue weighted by Gasteiger charge is 2.30. The van der Waals surface area contributed by atoms with Crippen LogP contribution in [0.15, 0.2) is 24.3 Å². The molecule has 1 aromatic rings. The van der Waals surface area contributed by atoms with Crippen molar-refractivity contribution in [1.29, 1.82) is 0 Å². The SMILES string of the molecule is CC1CCC(C(C)C)C(Nc2cccc(OC(F)F)c2)C1. The molecule has 4 heteroatoms. The lowest BCUT2D eigenvalue weighted by Gasteiger charge is -2.38. The lowest BCUT2D eigenvalue weighted by molar-refractivity contribution is -0.0498. The van der Waals surface area contributed by atoms with E-state index in [1.807, 2.05) is 6.07 Å². The number of alkyl halides is 2. The van der Waals surface area contributed by atoms with Crippen LogP contribution in [0.4, 0.5) is 14.5 Å². The van der Waals surface area contributed by atoms with Crippen molar-refractivity contribution in [3.63, 3.8) is 0 Å². The molecule has 21 heavy (non-hydrogen) atoms. The highest BCUT2D eigenvalue weighted by Crippen LogP contribution is 2.35. The first kappa shape index (κ1) is 16.1. The topological polar surface area (TPSA) is 21.3 Å². The molecule has 0 bridgehead atoms. The Bertz CT molecular complexity index is 450. The van der Waals surface area contributed by atoms with E-state index >= 15 is 0 Å². The van der Waals surface area contributed by atoms with Gasteiger partial charge >= 0.3 is 6.61 Å². The maximum Gasteiger partial charge on any atom is 0.387 e. The van der Waals surface area contributed by atoms with Crippen LogP contribution in [0, 0.1) is 17.8 Å². The first-order valence-electron chi connectivity index (χ1n) is 7.77. The molecule has 1 fully saturated rings. The minimum absolute atomic E-state index is 0.208. The van der Waals surface area contributed by atoms with E-state index in [2.05, 4.69) is 30.8 Å². The fourth-order valence-electron chi connectivity index (χ4n) is 3.34. The first-order valence-corrected chi connectivity index (χ1v) is 7.77. The summed E-state index contributed by atoms with van der Waals surface area (Å²) in [7, 11) is 0. The van der Waals surface area contributed by atoms with Gasteiger partial charge in [-0.05, 0) is 42.7 Å². The van der Waals surface area contributed by atoms with E-state index < -0.39 is 6.61 Å². The number of anilines is 1. The van der Waals surface area contributed by atoms with Gasteiger partial charge in [0.05, 0.1) is 0 Å². The number of nitrogens with one attached hydrogen (secondary N) is 1. The van der Waals surface area contributed by atoms with Crippen molar-refractivity contribution in [2.75, 3.05) is 5.32 Å². The smallest absolute Gasteiger partial charge is 0.387 e. The average Bonchev–Trinajstić information content (AvgIpc) is 2.38. The summed E-state index contributed by atoms with van der Waals surface area (Å²) in [4.78, 5) is 0. The Morgan fingerprint density at radius 2 is 2.00 bits per heavy atom. The molecule has 1 N–H and O–H groups in total. The number of halogens is 2. The summed E-state index contributed by atoms with van der Waals surface area (Å²) in [6.07, 6.45) is 3.63. The van der Waals surface area contributed by atoms with Crippen molar-refractivity contribution in [2.24, 2.45) is 17.8 Å². The number of hydrogen-bond acceptors (Lipinski definition) is 2. The predicted octanol–water partition coefficient (Wildman–Crippen LogP) is 5.16. The van der Waals surface area contributed by atoms with Gasteiger partial charge in [0.1, 0.15) is 5.75 Å². The highest BCUT2D eigenvalue weighted by atomic mass is 19.3. The summed E-state index contributed by atoms with van der Waals surface area (Å²) < 4.78 is 29.0. The number of ether oxygens (including phenoxy) is 1. The number of hydrogen-bond donors (Lipinski definition) is 1. The van der Waals surface area contributed by atoms with Crippen LogP contribution in [0.1, 0.15) is 40.0 Å². The second-order valence-corrected chi connectivity index (χ2v) is 6.48. The predicted molar refractivity (Wildman–Crippen MR) is 81.8 cm³/mol. The van der Waals surface area contributed by atoms with Crippen LogP contribution in [-0.2, 0) is 0 Å². The van der Waals surface area contributed by atoms with Crippen LogP contribution in [0.2, 0.25) is 0 Å². The van der Waals surface area contributed by atoms with Crippen LogP contribution in [0.3, 0.4) is 0 Å². The Morgan fingerprint density at radius 1 is 1.24 bits per heavy atom. The molecule has 3 unspecified atom stereocenters. The third-order valence-electron chi connectivity index (χ3n) is 4.43. The highest BCUT2D eigenvalue weighted by molar-refractivity contribution is 5.49.